The van der Waals surface area contributed by atoms with Crippen LogP contribution in [0.15, 0.2) is 21.9 Å². The zero-order valence-electron chi connectivity index (χ0n) is 8.77. The first-order chi connectivity index (χ1) is 7.72. The number of carboxylic acid groups (broad SMARTS) is 1. The zero-order valence-corrected chi connectivity index (χ0v) is 9.58. The molecule has 0 fully saturated rings. The molecule has 0 bridgehead atoms. The molecule has 5 heteroatoms. The van der Waals surface area contributed by atoms with Gasteiger partial charge in [0.05, 0.1) is 4.88 Å². The number of carbonyl (C=O) groups is 1. The van der Waals surface area contributed by atoms with Gasteiger partial charge in [-0.05, 0) is 17.9 Å². The van der Waals surface area contributed by atoms with Crippen LogP contribution in [0.25, 0.3) is 10.8 Å². The van der Waals surface area contributed by atoms with Crippen molar-refractivity contribution >= 4 is 17.3 Å². The normalized spacial score (nSPS) is 10.6. The molecule has 0 aromatic carbocycles. The average molecular weight is 237 g/mol. The summed E-state index contributed by atoms with van der Waals surface area (Å²) >= 11 is 1.48. The Labute approximate surface area is 96.6 Å². The molecule has 84 valence electrons. The second-order valence-corrected chi connectivity index (χ2v) is 4.27. The number of aromatic nitrogens is 1. The van der Waals surface area contributed by atoms with Crippen LogP contribution >= 0.6 is 11.3 Å². The number of hydrogen-bond donors (Lipinski definition) is 1. The Kier molecular flexibility index (Phi) is 3.05. The van der Waals surface area contributed by atoms with Crippen LogP contribution in [0.5, 0.6) is 0 Å². The lowest BCUT2D eigenvalue weighted by Crippen LogP contribution is -2.00. The molecular weight excluding hydrogens is 226 g/mol. The fourth-order valence-corrected chi connectivity index (χ4v) is 2.07. The highest BCUT2D eigenvalue weighted by Crippen LogP contribution is 2.26. The van der Waals surface area contributed by atoms with Gasteiger partial charge in [-0.25, -0.2) is 9.78 Å². The van der Waals surface area contributed by atoms with E-state index in [2.05, 4.69) is 4.98 Å². The van der Waals surface area contributed by atoms with Gasteiger partial charge in [0.25, 0.3) is 0 Å². The minimum Gasteiger partial charge on any atom is -0.476 e. The van der Waals surface area contributed by atoms with Crippen molar-refractivity contribution in [2.45, 2.75) is 19.8 Å². The third kappa shape index (κ3) is 1.99. The van der Waals surface area contributed by atoms with Crippen molar-refractivity contribution < 1.29 is 14.3 Å². The summed E-state index contributed by atoms with van der Waals surface area (Å²) in [5, 5.41) is 10.9. The minimum atomic E-state index is -1.03. The highest BCUT2D eigenvalue weighted by atomic mass is 32.1. The van der Waals surface area contributed by atoms with Gasteiger partial charge >= 0.3 is 5.97 Å². The highest BCUT2D eigenvalue weighted by Gasteiger charge is 2.19. The van der Waals surface area contributed by atoms with Crippen LogP contribution in [0.4, 0.5) is 0 Å². The van der Waals surface area contributed by atoms with Crippen molar-refractivity contribution in [2.75, 3.05) is 0 Å². The minimum absolute atomic E-state index is 0.0326. The van der Waals surface area contributed by atoms with Crippen LogP contribution in [0, 0.1) is 0 Å². The van der Waals surface area contributed by atoms with Crippen LogP contribution in [-0.2, 0) is 6.42 Å². The topological polar surface area (TPSA) is 63.3 Å². The molecule has 0 aliphatic heterocycles. The molecule has 4 nitrogen and oxygen atoms in total. The number of aromatic carboxylic acids is 1. The molecule has 0 unspecified atom stereocenters. The number of thiophene rings is 1. The molecule has 0 spiro atoms. The van der Waals surface area contributed by atoms with Crippen molar-refractivity contribution in [3.63, 3.8) is 0 Å². The Morgan fingerprint density at radius 1 is 1.62 bits per heavy atom. The fraction of sp³-hybridized carbons (Fsp3) is 0.273. The molecule has 0 aliphatic carbocycles. The third-order valence-corrected chi connectivity index (χ3v) is 2.97. The van der Waals surface area contributed by atoms with E-state index < -0.39 is 5.97 Å². The van der Waals surface area contributed by atoms with Crippen molar-refractivity contribution in [3.8, 4) is 10.8 Å². The molecule has 0 radical (unpaired) electrons. The van der Waals surface area contributed by atoms with E-state index in [0.29, 0.717) is 18.1 Å². The largest absolute Gasteiger partial charge is 0.476 e. The molecule has 1 N–H and O–H groups in total. The maximum Gasteiger partial charge on any atom is 0.358 e. The summed E-state index contributed by atoms with van der Waals surface area (Å²) in [5.41, 5.74) is 0.0326. The SMILES string of the molecule is CCCc1oc(-c2cccs2)nc1C(=O)O. The van der Waals surface area contributed by atoms with E-state index in [4.69, 9.17) is 9.52 Å². The molecule has 0 saturated heterocycles. The van der Waals surface area contributed by atoms with Gasteiger partial charge in [-0.1, -0.05) is 13.0 Å². The van der Waals surface area contributed by atoms with E-state index >= 15 is 0 Å². The van der Waals surface area contributed by atoms with Crippen LogP contribution in [-0.4, -0.2) is 16.1 Å². The van der Waals surface area contributed by atoms with Gasteiger partial charge in [0, 0.05) is 6.42 Å². The monoisotopic (exact) mass is 237 g/mol. The molecular formula is C11H11NO3S. The van der Waals surface area contributed by atoms with E-state index in [-0.39, 0.29) is 5.69 Å². The lowest BCUT2D eigenvalue weighted by atomic mass is 10.2. The van der Waals surface area contributed by atoms with Crippen LogP contribution in [0.1, 0.15) is 29.6 Å². The first-order valence-corrected chi connectivity index (χ1v) is 5.87. The van der Waals surface area contributed by atoms with E-state index in [9.17, 15) is 4.79 Å². The maximum absolute atomic E-state index is 11.0. The second-order valence-electron chi connectivity index (χ2n) is 3.32. The number of hydrogen-bond acceptors (Lipinski definition) is 4. The fourth-order valence-electron chi connectivity index (χ4n) is 1.42. The van der Waals surface area contributed by atoms with E-state index in [0.717, 1.165) is 11.3 Å². The molecule has 16 heavy (non-hydrogen) atoms. The molecule has 0 atom stereocenters. The summed E-state index contributed by atoms with van der Waals surface area (Å²) in [5.74, 6) is -0.177. The average Bonchev–Trinajstić information content (AvgIpc) is 2.83. The van der Waals surface area contributed by atoms with Crippen molar-refractivity contribution in [3.05, 3.63) is 29.0 Å². The quantitative estimate of drug-likeness (QED) is 0.887. The van der Waals surface area contributed by atoms with E-state index in [1.807, 2.05) is 24.4 Å². The Hall–Kier alpha value is -1.62. The smallest absolute Gasteiger partial charge is 0.358 e. The molecule has 2 heterocycles. The van der Waals surface area contributed by atoms with Gasteiger partial charge in [-0.3, -0.25) is 0 Å². The summed E-state index contributed by atoms with van der Waals surface area (Å²) in [4.78, 5) is 15.8. The van der Waals surface area contributed by atoms with E-state index in [1.165, 1.54) is 11.3 Å². The lowest BCUT2D eigenvalue weighted by Gasteiger charge is -1.92. The van der Waals surface area contributed by atoms with E-state index in [1.54, 1.807) is 0 Å². The van der Waals surface area contributed by atoms with Crippen molar-refractivity contribution in [1.82, 2.24) is 4.98 Å². The summed E-state index contributed by atoms with van der Waals surface area (Å²) < 4.78 is 5.48. The summed E-state index contributed by atoms with van der Waals surface area (Å²) in [6.07, 6.45) is 1.43. The number of nitrogens with zero attached hydrogens (tertiary/aromatic N) is 1. The Balaban J connectivity index is 2.42. The molecule has 2 aromatic heterocycles. The van der Waals surface area contributed by atoms with Crippen molar-refractivity contribution in [1.29, 1.82) is 0 Å². The van der Waals surface area contributed by atoms with Gasteiger partial charge in [-0.15, -0.1) is 11.3 Å². The summed E-state index contributed by atoms with van der Waals surface area (Å²) in [6.45, 7) is 1.97. The summed E-state index contributed by atoms with van der Waals surface area (Å²) in [7, 11) is 0. The molecule has 2 aromatic rings. The van der Waals surface area contributed by atoms with Crippen LogP contribution in [0.3, 0.4) is 0 Å². The Morgan fingerprint density at radius 2 is 2.44 bits per heavy atom. The van der Waals surface area contributed by atoms with Crippen molar-refractivity contribution in [2.24, 2.45) is 0 Å². The van der Waals surface area contributed by atoms with Gasteiger partial charge in [0.2, 0.25) is 5.89 Å². The number of rotatable bonds is 4. The Morgan fingerprint density at radius 3 is 3.00 bits per heavy atom. The van der Waals surface area contributed by atoms with Gasteiger partial charge in [0.1, 0.15) is 5.76 Å². The van der Waals surface area contributed by atoms with Gasteiger partial charge in [-0.2, -0.15) is 0 Å². The predicted molar refractivity (Wildman–Crippen MR) is 60.8 cm³/mol. The lowest BCUT2D eigenvalue weighted by molar-refractivity contribution is 0.0689. The number of aryl methyl sites for hydroxylation is 1. The molecule has 0 aliphatic rings. The highest BCUT2D eigenvalue weighted by molar-refractivity contribution is 7.13. The number of carboxylic acids is 1. The molecule has 2 rings (SSSR count). The Bertz CT molecular complexity index is 487. The second kappa shape index (κ2) is 4.49. The van der Waals surface area contributed by atoms with Gasteiger partial charge in [0.15, 0.2) is 5.69 Å². The number of oxazole rings is 1. The summed E-state index contributed by atoms with van der Waals surface area (Å²) in [6, 6.07) is 3.74. The standard InChI is InChI=1S/C11H11NO3S/c1-2-4-7-9(11(13)14)12-10(15-7)8-5-3-6-16-8/h3,5-6H,2,4H2,1H3,(H,13,14). The third-order valence-electron chi connectivity index (χ3n) is 2.11. The first-order valence-electron chi connectivity index (χ1n) is 4.99. The maximum atomic E-state index is 11.0. The zero-order chi connectivity index (χ0) is 11.5. The predicted octanol–water partition coefficient (Wildman–Crippen LogP) is 3.05. The molecule has 0 amide bonds. The van der Waals surface area contributed by atoms with Crippen LogP contribution in [0.2, 0.25) is 0 Å². The van der Waals surface area contributed by atoms with Gasteiger partial charge < -0.3 is 9.52 Å². The van der Waals surface area contributed by atoms with Crippen LogP contribution < -0.4 is 0 Å². The first kappa shape index (κ1) is 10.9. The molecule has 0 saturated carbocycles.